The van der Waals surface area contributed by atoms with Gasteiger partial charge in [-0.15, -0.1) is 0 Å². The average Bonchev–Trinajstić information content (AvgIpc) is 3.97. The molecule has 284 valence electrons. The van der Waals surface area contributed by atoms with E-state index in [1.807, 2.05) is 24.3 Å². The number of fused-ring (bicyclic) bond motifs is 10. The molecule has 2 aliphatic carbocycles. The number of rotatable bonds is 5. The Morgan fingerprint density at radius 3 is 1.64 bits per heavy atom. The highest BCUT2D eigenvalue weighted by Gasteiger charge is 2.37. The van der Waals surface area contributed by atoms with Crippen molar-refractivity contribution in [1.29, 1.82) is 0 Å². The minimum atomic E-state index is -0.215. The lowest BCUT2D eigenvalue weighted by Gasteiger charge is -2.28. The van der Waals surface area contributed by atoms with E-state index in [0.717, 1.165) is 67.1 Å². The minimum absolute atomic E-state index is 0.0586. The number of benzene rings is 8. The van der Waals surface area contributed by atoms with Crippen LogP contribution >= 0.6 is 0 Å². The molecule has 0 saturated heterocycles. The van der Waals surface area contributed by atoms with Crippen LogP contribution in [0.25, 0.3) is 55.3 Å². The molecule has 0 spiro atoms. The maximum Gasteiger partial charge on any atom is 0.196 e. The van der Waals surface area contributed by atoms with E-state index in [1.165, 1.54) is 44.5 Å². The Morgan fingerprint density at radius 2 is 1.00 bits per heavy atom. The molecule has 1 aliphatic heterocycles. The third kappa shape index (κ3) is 5.02. The Bertz CT molecular complexity index is 3070. The minimum Gasteiger partial charge on any atom is -0.464 e. The van der Waals surface area contributed by atoms with E-state index < -0.39 is 0 Å². The van der Waals surface area contributed by atoms with Gasteiger partial charge >= 0.3 is 0 Å². The smallest absolute Gasteiger partial charge is 0.196 e. The second-order valence-corrected chi connectivity index (χ2v) is 17.4. The number of hydrogen-bond acceptors (Lipinski definition) is 4. The van der Waals surface area contributed by atoms with Gasteiger partial charge in [0.05, 0.1) is 5.69 Å². The summed E-state index contributed by atoms with van der Waals surface area (Å²) in [5.41, 5.74) is 20.0. The normalized spacial score (nSPS) is 16.2. The lowest BCUT2D eigenvalue weighted by atomic mass is 9.82. The first-order valence-corrected chi connectivity index (χ1v) is 20.6. The largest absolute Gasteiger partial charge is 0.464 e. The molecule has 59 heavy (non-hydrogen) atoms. The van der Waals surface area contributed by atoms with Crippen LogP contribution in [0.5, 0.6) is 5.75 Å². The molecule has 1 unspecified atom stereocenters. The summed E-state index contributed by atoms with van der Waals surface area (Å²) in [7, 11) is 0. The molecular formula is C55H42N2O2. The van der Waals surface area contributed by atoms with Gasteiger partial charge in [-0.05, 0) is 110 Å². The first-order chi connectivity index (χ1) is 28.7. The number of nitrogens with zero attached hydrogens (tertiary/aromatic N) is 1. The Balaban J connectivity index is 0.931. The summed E-state index contributed by atoms with van der Waals surface area (Å²) >= 11 is 0. The standard InChI is InChI=1S/C55H42N2O2/c1-54(2)45-16-10-8-14-39(45)42-29-37(23-26-47(42)54)57(38-24-27-48-43(30-38)40-15-9-11-17-46(40)55(48,3)4)36-21-18-33(19-22-36)35-20-25-41-44-31-49-52(32-51(44)58-50(41)28-35)59-53(56-49)34-12-6-5-7-13-34/h5-32,53,56H,1-4H3. The van der Waals surface area contributed by atoms with Gasteiger partial charge < -0.3 is 19.4 Å². The fourth-order valence-electron chi connectivity index (χ4n) is 10.2. The van der Waals surface area contributed by atoms with Crippen molar-refractivity contribution in [2.24, 2.45) is 0 Å². The molecule has 8 aromatic carbocycles. The van der Waals surface area contributed by atoms with Gasteiger partial charge in [0.2, 0.25) is 0 Å². The van der Waals surface area contributed by atoms with Gasteiger partial charge in [-0.2, -0.15) is 0 Å². The molecular weight excluding hydrogens is 721 g/mol. The van der Waals surface area contributed by atoms with Gasteiger partial charge in [0.1, 0.15) is 16.9 Å². The van der Waals surface area contributed by atoms with Gasteiger partial charge in [0.25, 0.3) is 0 Å². The number of hydrogen-bond donors (Lipinski definition) is 1. The predicted molar refractivity (Wildman–Crippen MR) is 242 cm³/mol. The summed E-state index contributed by atoms with van der Waals surface area (Å²) < 4.78 is 12.8. The highest BCUT2D eigenvalue weighted by Crippen LogP contribution is 2.53. The van der Waals surface area contributed by atoms with E-state index in [1.54, 1.807) is 0 Å². The maximum absolute atomic E-state index is 6.49. The molecule has 1 N–H and O–H groups in total. The highest BCUT2D eigenvalue weighted by atomic mass is 16.5. The quantitative estimate of drug-likeness (QED) is 0.189. The van der Waals surface area contributed by atoms with E-state index in [2.05, 4.69) is 184 Å². The molecule has 0 bridgehead atoms. The number of ether oxygens (including phenoxy) is 1. The fraction of sp³-hybridized carbons (Fsp3) is 0.127. The van der Waals surface area contributed by atoms with Crippen molar-refractivity contribution in [2.45, 2.75) is 44.8 Å². The molecule has 0 saturated carbocycles. The summed E-state index contributed by atoms with van der Waals surface area (Å²) in [6, 6.07) is 61.8. The van der Waals surface area contributed by atoms with E-state index in [4.69, 9.17) is 9.15 Å². The maximum atomic E-state index is 6.49. The summed E-state index contributed by atoms with van der Waals surface area (Å²) in [6.45, 7) is 9.37. The Kier molecular flexibility index (Phi) is 7.06. The third-order valence-electron chi connectivity index (χ3n) is 13.3. The molecule has 0 amide bonds. The van der Waals surface area contributed by atoms with Crippen LogP contribution in [0, 0.1) is 0 Å². The molecule has 4 nitrogen and oxygen atoms in total. The molecule has 0 fully saturated rings. The first-order valence-electron chi connectivity index (χ1n) is 20.6. The lowest BCUT2D eigenvalue weighted by molar-refractivity contribution is 0.260. The van der Waals surface area contributed by atoms with Crippen molar-refractivity contribution >= 4 is 44.7 Å². The molecule has 1 aromatic heterocycles. The highest BCUT2D eigenvalue weighted by molar-refractivity contribution is 6.08. The van der Waals surface area contributed by atoms with Crippen LogP contribution in [-0.2, 0) is 10.8 Å². The second-order valence-electron chi connectivity index (χ2n) is 17.4. The van der Waals surface area contributed by atoms with Crippen molar-refractivity contribution in [3.8, 4) is 39.1 Å². The Morgan fingerprint density at radius 1 is 0.458 bits per heavy atom. The zero-order valence-electron chi connectivity index (χ0n) is 33.5. The summed E-state index contributed by atoms with van der Waals surface area (Å²) in [5.74, 6) is 0.804. The van der Waals surface area contributed by atoms with Crippen LogP contribution in [0.3, 0.4) is 0 Å². The first kappa shape index (κ1) is 34.0. The summed E-state index contributed by atoms with van der Waals surface area (Å²) in [5, 5.41) is 5.70. The predicted octanol–water partition coefficient (Wildman–Crippen LogP) is 14.8. The monoisotopic (exact) mass is 762 g/mol. The van der Waals surface area contributed by atoms with E-state index in [9.17, 15) is 0 Å². The Hall–Kier alpha value is -7.04. The zero-order valence-corrected chi connectivity index (χ0v) is 33.5. The average molecular weight is 763 g/mol. The second kappa shape index (κ2) is 12.2. The molecule has 9 aromatic rings. The van der Waals surface area contributed by atoms with Gasteiger partial charge in [-0.3, -0.25) is 0 Å². The van der Waals surface area contributed by atoms with Crippen molar-refractivity contribution in [2.75, 3.05) is 10.2 Å². The topological polar surface area (TPSA) is 37.6 Å². The van der Waals surface area contributed by atoms with Crippen LogP contribution in [0.2, 0.25) is 0 Å². The Labute approximate surface area is 344 Å². The van der Waals surface area contributed by atoms with Crippen LogP contribution in [0.4, 0.5) is 22.7 Å². The van der Waals surface area contributed by atoms with Crippen molar-refractivity contribution in [1.82, 2.24) is 0 Å². The third-order valence-corrected chi connectivity index (χ3v) is 13.3. The van der Waals surface area contributed by atoms with E-state index in [0.29, 0.717) is 0 Å². The van der Waals surface area contributed by atoms with Crippen molar-refractivity contribution in [3.05, 3.63) is 198 Å². The van der Waals surface area contributed by atoms with Gasteiger partial charge in [-0.1, -0.05) is 137 Å². The molecule has 1 atom stereocenters. The van der Waals surface area contributed by atoms with Crippen LogP contribution < -0.4 is 15.0 Å². The molecule has 12 rings (SSSR count). The lowest BCUT2D eigenvalue weighted by Crippen LogP contribution is -2.16. The molecule has 3 aliphatic rings. The van der Waals surface area contributed by atoms with Crippen LogP contribution in [0.1, 0.15) is 61.7 Å². The van der Waals surface area contributed by atoms with E-state index in [-0.39, 0.29) is 17.1 Å². The van der Waals surface area contributed by atoms with E-state index >= 15 is 0 Å². The molecule has 0 radical (unpaired) electrons. The van der Waals surface area contributed by atoms with Crippen LogP contribution in [-0.4, -0.2) is 0 Å². The van der Waals surface area contributed by atoms with Crippen molar-refractivity contribution in [3.63, 3.8) is 0 Å². The van der Waals surface area contributed by atoms with Crippen LogP contribution in [0.15, 0.2) is 174 Å². The van der Waals surface area contributed by atoms with Gasteiger partial charge in [-0.25, -0.2) is 0 Å². The summed E-state index contributed by atoms with van der Waals surface area (Å²) in [4.78, 5) is 2.42. The zero-order chi connectivity index (χ0) is 39.6. The molecule has 4 heteroatoms. The van der Waals surface area contributed by atoms with Crippen molar-refractivity contribution < 1.29 is 9.15 Å². The van der Waals surface area contributed by atoms with Gasteiger partial charge in [0, 0.05) is 50.3 Å². The number of nitrogens with one attached hydrogen (secondary N) is 1. The number of furan rings is 1. The summed E-state index contributed by atoms with van der Waals surface area (Å²) in [6.07, 6.45) is -0.215. The SMILES string of the molecule is CC1(C)c2ccccc2-c2cc(N(c3ccc(-c4ccc5c(c4)oc4cc6c(cc45)NC(c4ccccc4)O6)cc3)c3ccc4c(c3)-c3ccccc3C4(C)C)ccc21. The molecule has 2 heterocycles. The fourth-order valence-corrected chi connectivity index (χ4v) is 10.2. The van der Waals surface area contributed by atoms with Gasteiger partial charge in [0.15, 0.2) is 6.23 Å². The number of anilines is 4.